The van der Waals surface area contributed by atoms with Crippen molar-refractivity contribution in [1.82, 2.24) is 9.47 Å². The van der Waals surface area contributed by atoms with E-state index in [9.17, 15) is 9.90 Å². The van der Waals surface area contributed by atoms with Crippen LogP contribution in [0.25, 0.3) is 0 Å². The molecule has 0 bridgehead atoms. The molecule has 0 aromatic carbocycles. The summed E-state index contributed by atoms with van der Waals surface area (Å²) in [5.74, 6) is 0.636. The van der Waals surface area contributed by atoms with Crippen LogP contribution >= 0.6 is 11.6 Å². The van der Waals surface area contributed by atoms with Crippen LogP contribution < -0.4 is 0 Å². The van der Waals surface area contributed by atoms with E-state index in [4.69, 9.17) is 11.6 Å². The summed E-state index contributed by atoms with van der Waals surface area (Å²) in [4.78, 5) is 13.9. The summed E-state index contributed by atoms with van der Waals surface area (Å²) in [5.41, 5.74) is 1.40. The smallest absolute Gasteiger partial charge is 0.270 e. The van der Waals surface area contributed by atoms with Crippen molar-refractivity contribution < 1.29 is 9.90 Å². The van der Waals surface area contributed by atoms with E-state index in [0.29, 0.717) is 24.5 Å². The van der Waals surface area contributed by atoms with Gasteiger partial charge in [-0.25, -0.2) is 0 Å². The van der Waals surface area contributed by atoms with Gasteiger partial charge in [-0.05, 0) is 25.3 Å². The minimum atomic E-state index is -0.539. The summed E-state index contributed by atoms with van der Waals surface area (Å²) >= 11 is 5.66. The summed E-state index contributed by atoms with van der Waals surface area (Å²) in [6.07, 6.45) is 3.82. The first kappa shape index (κ1) is 13.4. The highest BCUT2D eigenvalue weighted by molar-refractivity contribution is 6.17. The van der Waals surface area contributed by atoms with E-state index in [2.05, 4.69) is 0 Å². The SMILES string of the molecule is CN1CCC(O)c2ccn(CCCCCl)c2C1=O. The van der Waals surface area contributed by atoms with Crippen molar-refractivity contribution in [2.75, 3.05) is 19.5 Å². The molecule has 0 fully saturated rings. The van der Waals surface area contributed by atoms with Crippen LogP contribution in [0.2, 0.25) is 0 Å². The van der Waals surface area contributed by atoms with E-state index in [-0.39, 0.29) is 5.91 Å². The van der Waals surface area contributed by atoms with Crippen LogP contribution in [0.15, 0.2) is 12.3 Å². The minimum absolute atomic E-state index is 0.00239. The number of nitrogens with zero attached hydrogens (tertiary/aromatic N) is 2. The monoisotopic (exact) mass is 270 g/mol. The number of amides is 1. The number of aromatic nitrogens is 1. The van der Waals surface area contributed by atoms with Gasteiger partial charge in [0.25, 0.3) is 5.91 Å². The molecule has 1 amide bonds. The zero-order valence-corrected chi connectivity index (χ0v) is 11.4. The van der Waals surface area contributed by atoms with Crippen LogP contribution in [0.3, 0.4) is 0 Å². The lowest BCUT2D eigenvalue weighted by atomic mass is 10.1. The Bertz CT molecular complexity index is 431. The molecule has 0 aliphatic carbocycles. The van der Waals surface area contributed by atoms with Crippen LogP contribution in [0, 0.1) is 0 Å². The average Bonchev–Trinajstić information content (AvgIpc) is 2.74. The summed E-state index contributed by atoms with van der Waals surface area (Å²) in [5, 5.41) is 10.0. The fourth-order valence-corrected chi connectivity index (χ4v) is 2.51. The Morgan fingerprint density at radius 3 is 3.00 bits per heavy atom. The number of carbonyl (C=O) groups excluding carboxylic acids is 1. The summed E-state index contributed by atoms with van der Waals surface area (Å²) in [7, 11) is 1.78. The number of aliphatic hydroxyl groups is 1. The van der Waals surface area contributed by atoms with Crippen molar-refractivity contribution >= 4 is 17.5 Å². The Labute approximate surface area is 112 Å². The standard InChI is InChI=1S/C13H19ClN2O2/c1-15-8-5-11(17)10-4-9-16(7-3-2-6-14)12(10)13(15)18/h4,9,11,17H,2-3,5-8H2,1H3. The maximum atomic E-state index is 12.3. The molecule has 2 heterocycles. The fraction of sp³-hybridized carbons (Fsp3) is 0.615. The first-order valence-electron chi connectivity index (χ1n) is 6.33. The number of halogens is 1. The van der Waals surface area contributed by atoms with Gasteiger partial charge in [0.15, 0.2) is 0 Å². The highest BCUT2D eigenvalue weighted by atomic mass is 35.5. The molecule has 0 saturated heterocycles. The summed E-state index contributed by atoms with van der Waals surface area (Å²) in [6.45, 7) is 1.37. The van der Waals surface area contributed by atoms with Gasteiger partial charge in [0, 0.05) is 37.8 Å². The Hall–Kier alpha value is -1.00. The molecule has 2 rings (SSSR count). The van der Waals surface area contributed by atoms with Gasteiger partial charge in [0.1, 0.15) is 5.69 Å². The third-order valence-electron chi connectivity index (χ3n) is 3.42. The molecule has 1 aromatic rings. The van der Waals surface area contributed by atoms with Crippen molar-refractivity contribution in [1.29, 1.82) is 0 Å². The second-order valence-corrected chi connectivity index (χ2v) is 5.12. The van der Waals surface area contributed by atoms with Gasteiger partial charge in [-0.1, -0.05) is 0 Å². The van der Waals surface area contributed by atoms with E-state index >= 15 is 0 Å². The number of unbranched alkanes of at least 4 members (excludes halogenated alkanes) is 1. The predicted octanol–water partition coefficient (Wildman–Crippen LogP) is 2.02. The fourth-order valence-electron chi connectivity index (χ4n) is 2.32. The molecule has 1 aliphatic heterocycles. The Morgan fingerprint density at radius 2 is 2.28 bits per heavy atom. The number of hydrogen-bond acceptors (Lipinski definition) is 2. The third-order valence-corrected chi connectivity index (χ3v) is 3.69. The molecular weight excluding hydrogens is 252 g/mol. The maximum absolute atomic E-state index is 12.3. The molecule has 1 unspecified atom stereocenters. The van der Waals surface area contributed by atoms with Crippen LogP contribution in [0.1, 0.15) is 41.4 Å². The van der Waals surface area contributed by atoms with Crippen molar-refractivity contribution in [3.05, 3.63) is 23.5 Å². The molecule has 0 spiro atoms. The van der Waals surface area contributed by atoms with Crippen molar-refractivity contribution in [2.24, 2.45) is 0 Å². The van der Waals surface area contributed by atoms with Crippen LogP contribution in [-0.2, 0) is 6.54 Å². The molecule has 5 heteroatoms. The van der Waals surface area contributed by atoms with Gasteiger partial charge in [0.05, 0.1) is 6.10 Å². The number of aliphatic hydroxyl groups excluding tert-OH is 1. The van der Waals surface area contributed by atoms with E-state index in [1.54, 1.807) is 11.9 Å². The molecule has 18 heavy (non-hydrogen) atoms. The highest BCUT2D eigenvalue weighted by Gasteiger charge is 2.28. The van der Waals surface area contributed by atoms with Crippen LogP contribution in [0.4, 0.5) is 0 Å². The molecule has 4 nitrogen and oxygen atoms in total. The van der Waals surface area contributed by atoms with E-state index < -0.39 is 6.10 Å². The maximum Gasteiger partial charge on any atom is 0.270 e. The minimum Gasteiger partial charge on any atom is -0.388 e. The topological polar surface area (TPSA) is 45.5 Å². The van der Waals surface area contributed by atoms with Crippen molar-refractivity contribution in [3.63, 3.8) is 0 Å². The second kappa shape index (κ2) is 5.76. The second-order valence-electron chi connectivity index (χ2n) is 4.74. The zero-order valence-electron chi connectivity index (χ0n) is 10.6. The predicted molar refractivity (Wildman–Crippen MR) is 70.9 cm³/mol. The summed E-state index contributed by atoms with van der Waals surface area (Å²) in [6, 6.07) is 1.86. The Balaban J connectivity index is 2.26. The van der Waals surface area contributed by atoms with Crippen molar-refractivity contribution in [2.45, 2.75) is 31.9 Å². The first-order valence-corrected chi connectivity index (χ1v) is 6.87. The first-order chi connectivity index (χ1) is 8.65. The third kappa shape index (κ3) is 2.54. The molecule has 100 valence electrons. The Kier molecular flexibility index (Phi) is 4.30. The molecule has 1 N–H and O–H groups in total. The molecule has 1 aliphatic rings. The number of rotatable bonds is 4. The molecule has 0 radical (unpaired) electrons. The van der Waals surface area contributed by atoms with Crippen LogP contribution in [-0.4, -0.2) is 40.0 Å². The van der Waals surface area contributed by atoms with Gasteiger partial charge in [0.2, 0.25) is 0 Å². The number of fused-ring (bicyclic) bond motifs is 1. The molecule has 0 saturated carbocycles. The van der Waals surface area contributed by atoms with Gasteiger partial charge >= 0.3 is 0 Å². The van der Waals surface area contributed by atoms with Crippen LogP contribution in [0.5, 0.6) is 0 Å². The Morgan fingerprint density at radius 1 is 1.50 bits per heavy atom. The van der Waals surface area contributed by atoms with Gasteiger partial charge in [-0.3, -0.25) is 4.79 Å². The molecule has 1 atom stereocenters. The van der Waals surface area contributed by atoms with Gasteiger partial charge < -0.3 is 14.6 Å². The quantitative estimate of drug-likeness (QED) is 0.672. The number of carbonyl (C=O) groups is 1. The average molecular weight is 271 g/mol. The lowest BCUT2D eigenvalue weighted by Gasteiger charge is -2.15. The summed E-state index contributed by atoms with van der Waals surface area (Å²) < 4.78 is 1.94. The highest BCUT2D eigenvalue weighted by Crippen LogP contribution is 2.27. The lowest BCUT2D eigenvalue weighted by Crippen LogP contribution is -2.28. The number of alkyl halides is 1. The largest absolute Gasteiger partial charge is 0.388 e. The number of aryl methyl sites for hydroxylation is 1. The van der Waals surface area contributed by atoms with E-state index in [0.717, 1.165) is 24.9 Å². The number of hydrogen-bond donors (Lipinski definition) is 1. The van der Waals surface area contributed by atoms with E-state index in [1.165, 1.54) is 0 Å². The lowest BCUT2D eigenvalue weighted by molar-refractivity contribution is 0.0780. The van der Waals surface area contributed by atoms with E-state index in [1.807, 2.05) is 16.8 Å². The molecular formula is C13H19ClN2O2. The van der Waals surface area contributed by atoms with Gasteiger partial charge in [-0.15, -0.1) is 11.6 Å². The molecule has 1 aromatic heterocycles. The van der Waals surface area contributed by atoms with Crippen molar-refractivity contribution in [3.8, 4) is 0 Å². The van der Waals surface area contributed by atoms with Gasteiger partial charge in [-0.2, -0.15) is 0 Å². The zero-order chi connectivity index (χ0) is 13.1. The normalized spacial score (nSPS) is 19.8.